The Morgan fingerprint density at radius 3 is 2.81 bits per heavy atom. The molecule has 0 bridgehead atoms. The van der Waals surface area contributed by atoms with Gasteiger partial charge in [-0.1, -0.05) is 28.1 Å². The van der Waals surface area contributed by atoms with E-state index >= 15 is 0 Å². The van der Waals surface area contributed by atoms with Gasteiger partial charge in [0.25, 0.3) is 5.91 Å². The fourth-order valence-electron chi connectivity index (χ4n) is 2.47. The Balaban J connectivity index is 1.59. The number of rotatable bonds is 6. The normalized spacial score (nSPS) is 10.4. The van der Waals surface area contributed by atoms with Crippen LogP contribution in [0.25, 0.3) is 11.3 Å². The van der Waals surface area contributed by atoms with Crippen molar-refractivity contribution < 1.29 is 9.53 Å². The Morgan fingerprint density at radius 1 is 1.19 bits per heavy atom. The van der Waals surface area contributed by atoms with Crippen molar-refractivity contribution in [1.82, 2.24) is 15.3 Å². The van der Waals surface area contributed by atoms with Crippen molar-refractivity contribution >= 4 is 21.8 Å². The lowest BCUT2D eigenvalue weighted by Crippen LogP contribution is -2.28. The van der Waals surface area contributed by atoms with Crippen LogP contribution in [0.2, 0.25) is 0 Å². The highest BCUT2D eigenvalue weighted by Gasteiger charge is 2.11. The number of benzene rings is 1. The van der Waals surface area contributed by atoms with E-state index in [0.717, 1.165) is 15.7 Å². The Labute approximate surface area is 160 Å². The molecule has 1 N–H and O–H groups in total. The predicted octanol–water partition coefficient (Wildman–Crippen LogP) is 4.02. The summed E-state index contributed by atoms with van der Waals surface area (Å²) in [5.74, 6) is 0.517. The molecule has 0 saturated carbocycles. The number of nitrogens with zero attached hydrogens (tertiary/aromatic N) is 2. The number of carbonyl (C=O) groups is 1. The summed E-state index contributed by atoms with van der Waals surface area (Å²) in [5.41, 5.74) is 3.08. The first-order chi connectivity index (χ1) is 12.6. The van der Waals surface area contributed by atoms with Crippen LogP contribution in [0.15, 0.2) is 65.4 Å². The molecule has 0 aliphatic heterocycles. The molecule has 0 fully saturated rings. The van der Waals surface area contributed by atoms with Crippen LogP contribution in [0.5, 0.6) is 5.75 Å². The van der Waals surface area contributed by atoms with E-state index in [-0.39, 0.29) is 5.91 Å². The molecular formula is C20H18BrN3O2. The SMILES string of the molecule is Cc1nc(-c2cccc(Br)c2)ccc1C(=O)NCCOc1cccnc1. The Bertz CT molecular complexity index is 901. The number of nitrogens with one attached hydrogen (secondary N) is 1. The van der Waals surface area contributed by atoms with E-state index in [1.165, 1.54) is 0 Å². The van der Waals surface area contributed by atoms with Crippen molar-refractivity contribution in [2.24, 2.45) is 0 Å². The van der Waals surface area contributed by atoms with Gasteiger partial charge >= 0.3 is 0 Å². The number of hydrogen-bond donors (Lipinski definition) is 1. The summed E-state index contributed by atoms with van der Waals surface area (Å²) >= 11 is 3.46. The third-order valence-electron chi connectivity index (χ3n) is 3.74. The van der Waals surface area contributed by atoms with Gasteiger partial charge < -0.3 is 10.1 Å². The average molecular weight is 412 g/mol. The lowest BCUT2D eigenvalue weighted by Gasteiger charge is -2.10. The molecule has 1 aromatic carbocycles. The Morgan fingerprint density at radius 2 is 2.08 bits per heavy atom. The van der Waals surface area contributed by atoms with Crippen LogP contribution in [0.1, 0.15) is 16.1 Å². The van der Waals surface area contributed by atoms with Gasteiger partial charge in [-0.25, -0.2) is 0 Å². The molecule has 0 aliphatic rings. The first-order valence-corrected chi connectivity index (χ1v) is 8.97. The van der Waals surface area contributed by atoms with Crippen molar-refractivity contribution in [3.05, 3.63) is 76.7 Å². The maximum absolute atomic E-state index is 12.4. The summed E-state index contributed by atoms with van der Waals surface area (Å²) in [6.07, 6.45) is 3.32. The van der Waals surface area contributed by atoms with E-state index in [4.69, 9.17) is 4.74 Å². The van der Waals surface area contributed by atoms with E-state index in [2.05, 4.69) is 31.2 Å². The molecule has 3 rings (SSSR count). The second kappa shape index (κ2) is 8.58. The largest absolute Gasteiger partial charge is 0.490 e. The van der Waals surface area contributed by atoms with E-state index < -0.39 is 0 Å². The van der Waals surface area contributed by atoms with E-state index in [1.807, 2.05) is 43.3 Å². The number of ether oxygens (including phenoxy) is 1. The molecule has 1 amide bonds. The molecule has 0 unspecified atom stereocenters. The second-order valence-electron chi connectivity index (χ2n) is 5.63. The number of pyridine rings is 2. The number of aromatic nitrogens is 2. The maximum Gasteiger partial charge on any atom is 0.253 e. The quantitative estimate of drug-likeness (QED) is 0.622. The summed E-state index contributed by atoms with van der Waals surface area (Å²) in [6, 6.07) is 15.2. The lowest BCUT2D eigenvalue weighted by atomic mass is 10.1. The third kappa shape index (κ3) is 4.67. The summed E-state index contributed by atoms with van der Waals surface area (Å²) in [5, 5.41) is 2.85. The number of amides is 1. The first-order valence-electron chi connectivity index (χ1n) is 8.18. The van der Waals surface area contributed by atoms with Crippen LogP contribution < -0.4 is 10.1 Å². The highest BCUT2D eigenvalue weighted by molar-refractivity contribution is 9.10. The minimum absolute atomic E-state index is 0.162. The Hall–Kier alpha value is -2.73. The van der Waals surface area contributed by atoms with Crippen LogP contribution in [-0.4, -0.2) is 29.0 Å². The minimum atomic E-state index is -0.162. The van der Waals surface area contributed by atoms with Crippen LogP contribution in [0.3, 0.4) is 0 Å². The molecule has 0 spiro atoms. The number of halogens is 1. The summed E-state index contributed by atoms with van der Waals surface area (Å²) in [7, 11) is 0. The molecule has 132 valence electrons. The van der Waals surface area contributed by atoms with E-state index in [0.29, 0.717) is 30.2 Å². The van der Waals surface area contributed by atoms with Gasteiger partial charge in [0, 0.05) is 16.2 Å². The number of hydrogen-bond acceptors (Lipinski definition) is 4. The van der Waals surface area contributed by atoms with Gasteiger partial charge in [-0.2, -0.15) is 0 Å². The van der Waals surface area contributed by atoms with Gasteiger partial charge in [0.15, 0.2) is 0 Å². The highest BCUT2D eigenvalue weighted by Crippen LogP contribution is 2.22. The average Bonchev–Trinajstić information content (AvgIpc) is 2.66. The maximum atomic E-state index is 12.4. The molecule has 0 radical (unpaired) electrons. The third-order valence-corrected chi connectivity index (χ3v) is 4.23. The zero-order valence-corrected chi connectivity index (χ0v) is 15.9. The van der Waals surface area contributed by atoms with Gasteiger partial charge in [0.2, 0.25) is 0 Å². The zero-order valence-electron chi connectivity index (χ0n) is 14.3. The lowest BCUT2D eigenvalue weighted by molar-refractivity contribution is 0.0946. The van der Waals surface area contributed by atoms with Gasteiger partial charge in [-0.05, 0) is 43.3 Å². The van der Waals surface area contributed by atoms with Crippen molar-refractivity contribution in [2.45, 2.75) is 6.92 Å². The van der Waals surface area contributed by atoms with Crippen LogP contribution in [0.4, 0.5) is 0 Å². The summed E-state index contributed by atoms with van der Waals surface area (Å²) in [6.45, 7) is 2.61. The van der Waals surface area contributed by atoms with Crippen molar-refractivity contribution in [2.75, 3.05) is 13.2 Å². The number of carbonyl (C=O) groups excluding carboxylic acids is 1. The molecule has 6 heteroatoms. The molecule has 2 heterocycles. The molecule has 0 saturated heterocycles. The topological polar surface area (TPSA) is 64.1 Å². The van der Waals surface area contributed by atoms with E-state index in [1.54, 1.807) is 24.5 Å². The first kappa shape index (κ1) is 18.1. The summed E-state index contributed by atoms with van der Waals surface area (Å²) < 4.78 is 6.50. The standard InChI is InChI=1S/C20H18BrN3O2/c1-14-18(7-8-19(24-14)15-4-2-5-16(21)12-15)20(25)23-10-11-26-17-6-3-9-22-13-17/h2-9,12-13H,10-11H2,1H3,(H,23,25). The fraction of sp³-hybridized carbons (Fsp3) is 0.150. The van der Waals surface area contributed by atoms with E-state index in [9.17, 15) is 4.79 Å². The van der Waals surface area contributed by atoms with Gasteiger partial charge in [0.05, 0.1) is 29.7 Å². The number of aryl methyl sites for hydroxylation is 1. The van der Waals surface area contributed by atoms with Crippen LogP contribution in [-0.2, 0) is 0 Å². The smallest absolute Gasteiger partial charge is 0.253 e. The second-order valence-corrected chi connectivity index (χ2v) is 6.55. The molecule has 2 aromatic heterocycles. The molecule has 3 aromatic rings. The van der Waals surface area contributed by atoms with Crippen molar-refractivity contribution in [3.63, 3.8) is 0 Å². The van der Waals surface area contributed by atoms with Gasteiger partial charge in [-0.15, -0.1) is 0 Å². The fourth-order valence-corrected chi connectivity index (χ4v) is 2.87. The van der Waals surface area contributed by atoms with Crippen LogP contribution in [0, 0.1) is 6.92 Å². The zero-order chi connectivity index (χ0) is 18.4. The molecule has 0 atom stereocenters. The molecule has 26 heavy (non-hydrogen) atoms. The summed E-state index contributed by atoms with van der Waals surface area (Å²) in [4.78, 5) is 20.9. The molecule has 0 aliphatic carbocycles. The minimum Gasteiger partial charge on any atom is -0.490 e. The van der Waals surface area contributed by atoms with Crippen molar-refractivity contribution in [3.8, 4) is 17.0 Å². The van der Waals surface area contributed by atoms with Gasteiger partial charge in [-0.3, -0.25) is 14.8 Å². The Kier molecular flexibility index (Phi) is 5.96. The van der Waals surface area contributed by atoms with Gasteiger partial charge in [0.1, 0.15) is 12.4 Å². The predicted molar refractivity (Wildman–Crippen MR) is 104 cm³/mol. The van der Waals surface area contributed by atoms with Crippen LogP contribution >= 0.6 is 15.9 Å². The molecule has 5 nitrogen and oxygen atoms in total. The highest BCUT2D eigenvalue weighted by atomic mass is 79.9. The van der Waals surface area contributed by atoms with Crippen molar-refractivity contribution in [1.29, 1.82) is 0 Å². The monoisotopic (exact) mass is 411 g/mol. The molecular weight excluding hydrogens is 394 g/mol.